The number of likely N-dealkylation sites (N-methyl/N-ethyl adjacent to an activating group) is 2. The van der Waals surface area contributed by atoms with Gasteiger partial charge in [-0.25, -0.2) is 4.79 Å². The lowest BCUT2D eigenvalue weighted by Crippen LogP contribution is -2.49. The van der Waals surface area contributed by atoms with Crippen LogP contribution in [0, 0.1) is 0 Å². The fraction of sp³-hybridized carbons (Fsp3) is 0.500. The van der Waals surface area contributed by atoms with Gasteiger partial charge in [0.1, 0.15) is 5.76 Å². The Morgan fingerprint density at radius 1 is 1.10 bits per heavy atom. The Bertz CT molecular complexity index is 727. The van der Waals surface area contributed by atoms with E-state index < -0.39 is 0 Å². The second-order valence-electron chi connectivity index (χ2n) is 7.92. The minimum absolute atomic E-state index is 0.0106. The van der Waals surface area contributed by atoms with Crippen molar-refractivity contribution in [3.8, 4) is 0 Å². The van der Waals surface area contributed by atoms with Gasteiger partial charge in [-0.15, -0.1) is 0 Å². The van der Waals surface area contributed by atoms with E-state index in [1.165, 1.54) is 0 Å². The van der Waals surface area contributed by atoms with Gasteiger partial charge in [0.05, 0.1) is 18.3 Å². The van der Waals surface area contributed by atoms with E-state index in [0.717, 1.165) is 44.0 Å². The number of nitrogens with zero attached hydrogens (tertiary/aromatic N) is 3. The van der Waals surface area contributed by atoms with Gasteiger partial charge in [0.2, 0.25) is 0 Å². The molecule has 3 rings (SSSR count). The van der Waals surface area contributed by atoms with Gasteiger partial charge in [0.25, 0.3) is 0 Å². The van der Waals surface area contributed by atoms with Crippen LogP contribution in [0.15, 0.2) is 53.1 Å². The molecule has 0 radical (unpaired) electrons. The highest BCUT2D eigenvalue weighted by Crippen LogP contribution is 2.18. The van der Waals surface area contributed by atoms with Crippen molar-refractivity contribution in [3.63, 3.8) is 0 Å². The molecule has 7 heteroatoms. The first kappa shape index (κ1) is 21.4. The summed E-state index contributed by atoms with van der Waals surface area (Å²) in [7, 11) is 6.11. The molecule has 2 N–H and O–H groups in total. The topological polar surface area (TPSA) is 64.0 Å². The lowest BCUT2D eigenvalue weighted by molar-refractivity contribution is 0.142. The average Bonchev–Trinajstić information content (AvgIpc) is 3.24. The van der Waals surface area contributed by atoms with Crippen LogP contribution in [0.1, 0.15) is 23.4 Å². The summed E-state index contributed by atoms with van der Waals surface area (Å²) in [5.74, 6) is 0.840. The first-order valence-electron chi connectivity index (χ1n) is 10.2. The van der Waals surface area contributed by atoms with Gasteiger partial charge in [-0.2, -0.15) is 0 Å². The monoisotopic (exact) mass is 399 g/mol. The van der Waals surface area contributed by atoms with Crippen LogP contribution in [-0.4, -0.2) is 81.1 Å². The fourth-order valence-electron chi connectivity index (χ4n) is 3.63. The summed E-state index contributed by atoms with van der Waals surface area (Å²) in [4.78, 5) is 19.5. The molecule has 2 heterocycles. The number of piperazine rings is 1. The number of hydrogen-bond acceptors (Lipinski definition) is 5. The molecule has 2 atom stereocenters. The Morgan fingerprint density at radius 2 is 1.83 bits per heavy atom. The Kier molecular flexibility index (Phi) is 7.69. The van der Waals surface area contributed by atoms with Gasteiger partial charge < -0.3 is 20.0 Å². The van der Waals surface area contributed by atoms with Crippen molar-refractivity contribution in [2.45, 2.75) is 12.1 Å². The predicted molar refractivity (Wildman–Crippen MR) is 115 cm³/mol. The van der Waals surface area contributed by atoms with Gasteiger partial charge in [0.15, 0.2) is 0 Å². The number of furan rings is 1. The zero-order valence-corrected chi connectivity index (χ0v) is 17.7. The van der Waals surface area contributed by atoms with Gasteiger partial charge >= 0.3 is 6.03 Å². The zero-order chi connectivity index (χ0) is 20.6. The number of amides is 2. The van der Waals surface area contributed by atoms with Gasteiger partial charge in [-0.3, -0.25) is 9.80 Å². The molecule has 0 aliphatic carbocycles. The highest BCUT2D eigenvalue weighted by Gasteiger charge is 2.22. The van der Waals surface area contributed by atoms with E-state index in [0.29, 0.717) is 6.54 Å². The van der Waals surface area contributed by atoms with Crippen LogP contribution in [0.4, 0.5) is 4.79 Å². The molecule has 1 aliphatic rings. The normalized spacial score (nSPS) is 17.8. The number of urea groups is 1. The molecule has 0 bridgehead atoms. The lowest BCUT2D eigenvalue weighted by Gasteiger charge is -2.35. The molecule has 2 aromatic rings. The molecule has 1 aliphatic heterocycles. The maximum Gasteiger partial charge on any atom is 0.315 e. The molecule has 2 unspecified atom stereocenters. The summed E-state index contributed by atoms with van der Waals surface area (Å²) in [6, 6.07) is 13.8. The number of benzene rings is 1. The molecular formula is C22H33N5O2. The Hall–Kier alpha value is -2.35. The van der Waals surface area contributed by atoms with Crippen LogP contribution in [-0.2, 0) is 0 Å². The molecule has 1 saturated heterocycles. The Balaban J connectivity index is 1.60. The molecule has 1 fully saturated rings. The molecule has 29 heavy (non-hydrogen) atoms. The van der Waals surface area contributed by atoms with Crippen LogP contribution in [0.5, 0.6) is 0 Å². The standard InChI is InChI=1S/C22H33N5O2/c1-25(2)20(21-10-7-15-29-21)16-23-22(28)24-19(18-8-5-4-6-9-18)17-27-13-11-26(3)12-14-27/h4-10,15,19-20H,11-14,16-17H2,1-3H3,(H2,23,24,28). The van der Waals surface area contributed by atoms with E-state index in [-0.39, 0.29) is 18.1 Å². The summed E-state index contributed by atoms with van der Waals surface area (Å²) < 4.78 is 5.52. The number of carbonyl (C=O) groups excluding carboxylic acids is 1. The summed E-state index contributed by atoms with van der Waals surface area (Å²) in [6.07, 6.45) is 1.66. The summed E-state index contributed by atoms with van der Waals surface area (Å²) in [5.41, 5.74) is 1.12. The van der Waals surface area contributed by atoms with Crippen molar-refractivity contribution in [3.05, 3.63) is 60.1 Å². The molecule has 0 spiro atoms. The number of hydrogen-bond donors (Lipinski definition) is 2. The van der Waals surface area contributed by atoms with Crippen LogP contribution in [0.3, 0.4) is 0 Å². The van der Waals surface area contributed by atoms with Crippen LogP contribution >= 0.6 is 0 Å². The van der Waals surface area contributed by atoms with Crippen molar-refractivity contribution in [2.75, 3.05) is 60.4 Å². The predicted octanol–water partition coefficient (Wildman–Crippen LogP) is 2.17. The third kappa shape index (κ3) is 6.32. The van der Waals surface area contributed by atoms with E-state index in [9.17, 15) is 4.79 Å². The molecule has 0 saturated carbocycles. The summed E-state index contributed by atoms with van der Waals surface area (Å²) in [5, 5.41) is 6.20. The van der Waals surface area contributed by atoms with E-state index in [4.69, 9.17) is 4.42 Å². The zero-order valence-electron chi connectivity index (χ0n) is 17.7. The smallest absolute Gasteiger partial charge is 0.315 e. The third-order valence-corrected chi connectivity index (χ3v) is 5.49. The quantitative estimate of drug-likeness (QED) is 0.712. The second kappa shape index (κ2) is 10.4. The van der Waals surface area contributed by atoms with E-state index in [1.54, 1.807) is 6.26 Å². The van der Waals surface area contributed by atoms with Crippen LogP contribution in [0.25, 0.3) is 0 Å². The second-order valence-corrected chi connectivity index (χ2v) is 7.92. The molecule has 1 aromatic carbocycles. The highest BCUT2D eigenvalue weighted by molar-refractivity contribution is 5.74. The highest BCUT2D eigenvalue weighted by atomic mass is 16.3. The maximum absolute atomic E-state index is 12.7. The van der Waals surface area contributed by atoms with Crippen LogP contribution in [0.2, 0.25) is 0 Å². The molecule has 7 nitrogen and oxygen atoms in total. The van der Waals surface area contributed by atoms with Gasteiger partial charge in [-0.1, -0.05) is 30.3 Å². The number of carbonyl (C=O) groups is 1. The fourth-order valence-corrected chi connectivity index (χ4v) is 3.63. The van der Waals surface area contributed by atoms with Gasteiger partial charge in [0, 0.05) is 39.3 Å². The third-order valence-electron chi connectivity index (χ3n) is 5.49. The largest absolute Gasteiger partial charge is 0.468 e. The Morgan fingerprint density at radius 3 is 2.45 bits per heavy atom. The molecule has 2 amide bonds. The summed E-state index contributed by atoms with van der Waals surface area (Å²) >= 11 is 0. The van der Waals surface area contributed by atoms with Crippen LogP contribution < -0.4 is 10.6 Å². The number of rotatable bonds is 8. The Labute approximate surface area is 173 Å². The first-order chi connectivity index (χ1) is 14.0. The minimum atomic E-state index is -0.161. The maximum atomic E-state index is 12.7. The molecular weight excluding hydrogens is 366 g/mol. The SMILES string of the molecule is CN1CCN(CC(NC(=O)NCC(c2ccco2)N(C)C)c2ccccc2)CC1. The van der Waals surface area contributed by atoms with E-state index in [1.807, 2.05) is 49.3 Å². The minimum Gasteiger partial charge on any atom is -0.468 e. The summed E-state index contributed by atoms with van der Waals surface area (Å²) in [6.45, 7) is 5.43. The number of nitrogens with one attached hydrogen (secondary N) is 2. The van der Waals surface area contributed by atoms with Crippen molar-refractivity contribution in [1.82, 2.24) is 25.3 Å². The van der Waals surface area contributed by atoms with Crippen molar-refractivity contribution in [1.29, 1.82) is 0 Å². The van der Waals surface area contributed by atoms with E-state index >= 15 is 0 Å². The first-order valence-corrected chi connectivity index (χ1v) is 10.2. The van der Waals surface area contributed by atoms with E-state index in [2.05, 4.69) is 39.6 Å². The van der Waals surface area contributed by atoms with Crippen molar-refractivity contribution in [2.24, 2.45) is 0 Å². The van der Waals surface area contributed by atoms with Crippen molar-refractivity contribution < 1.29 is 9.21 Å². The lowest BCUT2D eigenvalue weighted by atomic mass is 10.1. The van der Waals surface area contributed by atoms with Gasteiger partial charge in [-0.05, 0) is 38.8 Å². The molecule has 158 valence electrons. The van der Waals surface area contributed by atoms with Crippen molar-refractivity contribution >= 4 is 6.03 Å². The average molecular weight is 400 g/mol. The molecule has 1 aromatic heterocycles.